The molecule has 0 saturated carbocycles. The van der Waals surface area contributed by atoms with Crippen LogP contribution in [-0.4, -0.2) is 17.8 Å². The van der Waals surface area contributed by atoms with Gasteiger partial charge in [0.05, 0.1) is 0 Å². The summed E-state index contributed by atoms with van der Waals surface area (Å²) in [6.07, 6.45) is 0.766. The van der Waals surface area contributed by atoms with Crippen LogP contribution in [0.5, 0.6) is 0 Å². The Morgan fingerprint density at radius 2 is 2.36 bits per heavy atom. The van der Waals surface area contributed by atoms with E-state index < -0.39 is 6.10 Å². The van der Waals surface area contributed by atoms with Gasteiger partial charge in [0.2, 0.25) is 0 Å². The molecule has 0 aromatic heterocycles. The highest BCUT2D eigenvalue weighted by Gasteiger charge is 2.24. The predicted octanol–water partition coefficient (Wildman–Crippen LogP) is -0.0483. The van der Waals surface area contributed by atoms with E-state index in [-0.39, 0.29) is 17.6 Å². The molecule has 1 rings (SSSR count). The molecule has 0 spiro atoms. The third kappa shape index (κ3) is 1.80. The van der Waals surface area contributed by atoms with Crippen molar-refractivity contribution in [3.05, 3.63) is 12.0 Å². The zero-order valence-electron chi connectivity index (χ0n) is 6.38. The molecule has 60 valence electrons. The monoisotopic (exact) mass is 155 g/mol. The molecule has 1 aliphatic heterocycles. The van der Waals surface area contributed by atoms with Gasteiger partial charge in [0, 0.05) is 6.08 Å². The molecule has 0 aromatic carbocycles. The molecule has 0 unspecified atom stereocenters. The van der Waals surface area contributed by atoms with Gasteiger partial charge in [0.25, 0.3) is 5.91 Å². The van der Waals surface area contributed by atoms with Crippen LogP contribution in [0, 0.1) is 0 Å². The van der Waals surface area contributed by atoms with Gasteiger partial charge in [-0.15, -0.1) is 0 Å². The fourth-order valence-corrected chi connectivity index (χ4v) is 0.751. The van der Waals surface area contributed by atoms with Crippen LogP contribution in [0.15, 0.2) is 12.0 Å². The Hall–Kier alpha value is -1.32. The van der Waals surface area contributed by atoms with Gasteiger partial charge in [-0.3, -0.25) is 14.9 Å². The first-order valence-electron chi connectivity index (χ1n) is 3.29. The highest BCUT2D eigenvalue weighted by Crippen LogP contribution is 2.07. The number of hydrogen-bond donors (Lipinski definition) is 1. The predicted molar refractivity (Wildman–Crippen MR) is 37.5 cm³/mol. The fourth-order valence-electron chi connectivity index (χ4n) is 0.751. The van der Waals surface area contributed by atoms with E-state index in [2.05, 4.69) is 5.32 Å². The largest absolute Gasteiger partial charge is 0.466 e. The molecular formula is C7H9NO3. The minimum atomic E-state index is -0.486. The minimum Gasteiger partial charge on any atom is -0.466 e. The van der Waals surface area contributed by atoms with Crippen LogP contribution >= 0.6 is 0 Å². The van der Waals surface area contributed by atoms with Crippen LogP contribution < -0.4 is 5.32 Å². The maximum absolute atomic E-state index is 10.8. The number of allylic oxidation sites excluding steroid dienone is 1. The van der Waals surface area contributed by atoms with Crippen molar-refractivity contribution in [2.75, 3.05) is 0 Å². The molecule has 1 saturated heterocycles. The second-order valence-corrected chi connectivity index (χ2v) is 2.37. The lowest BCUT2D eigenvalue weighted by atomic mass is 10.4. The summed E-state index contributed by atoms with van der Waals surface area (Å²) in [5, 5.41) is 2.41. The molecule has 11 heavy (non-hydrogen) atoms. The van der Waals surface area contributed by atoms with E-state index in [1.807, 2.05) is 0 Å². The van der Waals surface area contributed by atoms with E-state index in [4.69, 9.17) is 4.74 Å². The lowest BCUT2D eigenvalue weighted by Crippen LogP contribution is -2.20. The Morgan fingerprint density at radius 3 is 2.73 bits per heavy atom. The number of amides is 1. The van der Waals surface area contributed by atoms with E-state index >= 15 is 0 Å². The summed E-state index contributed by atoms with van der Waals surface area (Å²) in [6.45, 7) is 3.02. The second kappa shape index (κ2) is 2.74. The number of ketones is 1. The van der Waals surface area contributed by atoms with Crippen molar-refractivity contribution in [3.63, 3.8) is 0 Å². The third-order valence-corrected chi connectivity index (χ3v) is 1.25. The van der Waals surface area contributed by atoms with Gasteiger partial charge in [-0.2, -0.15) is 0 Å². The summed E-state index contributed by atoms with van der Waals surface area (Å²) < 4.78 is 4.96. The Kier molecular flexibility index (Phi) is 1.94. The maximum Gasteiger partial charge on any atom is 0.267 e. The van der Waals surface area contributed by atoms with Gasteiger partial charge in [-0.25, -0.2) is 0 Å². The van der Waals surface area contributed by atoms with Crippen LogP contribution in [0.1, 0.15) is 13.8 Å². The Labute approximate surface area is 64.2 Å². The van der Waals surface area contributed by atoms with Gasteiger partial charge < -0.3 is 4.74 Å². The van der Waals surface area contributed by atoms with Gasteiger partial charge in [-0.05, 0) is 13.8 Å². The van der Waals surface area contributed by atoms with Gasteiger partial charge in [0.1, 0.15) is 0 Å². The van der Waals surface area contributed by atoms with Gasteiger partial charge in [-0.1, -0.05) is 0 Å². The van der Waals surface area contributed by atoms with Crippen LogP contribution in [0.3, 0.4) is 0 Å². The number of nitrogens with one attached hydrogen (secondary N) is 1. The Morgan fingerprint density at radius 1 is 1.73 bits per heavy atom. The lowest BCUT2D eigenvalue weighted by molar-refractivity contribution is -0.122. The van der Waals surface area contributed by atoms with E-state index in [1.54, 1.807) is 6.92 Å². The van der Waals surface area contributed by atoms with Crippen LogP contribution in [-0.2, 0) is 14.3 Å². The molecule has 0 radical (unpaired) electrons. The van der Waals surface area contributed by atoms with E-state index in [0.717, 1.165) is 0 Å². The molecule has 1 aliphatic rings. The smallest absolute Gasteiger partial charge is 0.267 e. The van der Waals surface area contributed by atoms with Crippen molar-refractivity contribution < 1.29 is 14.3 Å². The first-order chi connectivity index (χ1) is 5.09. The molecule has 1 heterocycles. The number of carbonyl (C=O) groups excluding carboxylic acids is 2. The molecule has 1 amide bonds. The molecule has 0 aliphatic carbocycles. The zero-order valence-corrected chi connectivity index (χ0v) is 6.38. The highest BCUT2D eigenvalue weighted by molar-refractivity contribution is 5.90. The van der Waals surface area contributed by atoms with E-state index in [9.17, 15) is 9.59 Å². The van der Waals surface area contributed by atoms with Crippen molar-refractivity contribution in [1.29, 1.82) is 0 Å². The molecule has 1 atom stereocenters. The number of ether oxygens (including phenoxy) is 1. The number of hydrogen-bond acceptors (Lipinski definition) is 3. The molecule has 1 N–H and O–H groups in total. The molecule has 4 heteroatoms. The maximum atomic E-state index is 10.8. The quantitative estimate of drug-likeness (QED) is 0.540. The van der Waals surface area contributed by atoms with Crippen molar-refractivity contribution in [1.82, 2.24) is 5.32 Å². The Bertz CT molecular complexity index is 232. The summed E-state index contributed by atoms with van der Waals surface area (Å²) >= 11 is 0. The lowest BCUT2D eigenvalue weighted by Gasteiger charge is -1.96. The van der Waals surface area contributed by atoms with Crippen LogP contribution in [0.4, 0.5) is 0 Å². The van der Waals surface area contributed by atoms with Crippen molar-refractivity contribution in [3.8, 4) is 0 Å². The van der Waals surface area contributed by atoms with E-state index in [1.165, 1.54) is 13.0 Å². The van der Waals surface area contributed by atoms with Crippen molar-refractivity contribution >= 4 is 11.7 Å². The number of rotatable bonds is 1. The number of carbonyl (C=O) groups is 2. The standard InChI is InChI=1S/C7H9NO3/c1-4(9)3-6-8-7(10)5(2)11-6/h3,5H,1-2H3,(H,8,10)/b6-3+/t5-/m0/s1. The topological polar surface area (TPSA) is 55.4 Å². The molecule has 0 bridgehead atoms. The minimum absolute atomic E-state index is 0.144. The van der Waals surface area contributed by atoms with Gasteiger partial charge >= 0.3 is 0 Å². The molecule has 0 aromatic rings. The third-order valence-electron chi connectivity index (χ3n) is 1.25. The zero-order chi connectivity index (χ0) is 8.43. The average molecular weight is 155 g/mol. The SMILES string of the molecule is CC(=O)/C=C1\NC(=O)[C@H](C)O1. The van der Waals surface area contributed by atoms with E-state index in [0.29, 0.717) is 0 Å². The van der Waals surface area contributed by atoms with Crippen molar-refractivity contribution in [2.24, 2.45) is 0 Å². The van der Waals surface area contributed by atoms with Crippen molar-refractivity contribution in [2.45, 2.75) is 20.0 Å². The summed E-state index contributed by atoms with van der Waals surface area (Å²) in [4.78, 5) is 21.3. The second-order valence-electron chi connectivity index (χ2n) is 2.37. The summed E-state index contributed by atoms with van der Waals surface area (Å²) in [7, 11) is 0. The molecular weight excluding hydrogens is 146 g/mol. The first kappa shape index (κ1) is 7.78. The fraction of sp³-hybridized carbons (Fsp3) is 0.429. The normalized spacial score (nSPS) is 26.5. The highest BCUT2D eigenvalue weighted by atomic mass is 16.5. The average Bonchev–Trinajstić information content (AvgIpc) is 2.10. The molecule has 4 nitrogen and oxygen atoms in total. The first-order valence-corrected chi connectivity index (χ1v) is 3.29. The Balaban J connectivity index is 2.67. The summed E-state index contributed by atoms with van der Waals surface area (Å²) in [5.41, 5.74) is 0. The summed E-state index contributed by atoms with van der Waals surface area (Å²) in [6, 6.07) is 0. The van der Waals surface area contributed by atoms with Gasteiger partial charge in [0.15, 0.2) is 17.8 Å². The van der Waals surface area contributed by atoms with Crippen LogP contribution in [0.25, 0.3) is 0 Å². The summed E-state index contributed by atoms with van der Waals surface area (Å²) in [5.74, 6) is -0.109. The van der Waals surface area contributed by atoms with Crippen LogP contribution in [0.2, 0.25) is 0 Å². The molecule has 1 fully saturated rings.